The maximum absolute atomic E-state index is 13.0. The minimum absolute atomic E-state index is 0.0238. The monoisotopic (exact) mass is 407 g/mol. The number of carbonyl (C=O) groups is 2. The largest absolute Gasteiger partial charge is 0.488 e. The fourth-order valence-electron chi connectivity index (χ4n) is 4.17. The van der Waals surface area contributed by atoms with Crippen molar-refractivity contribution in [2.24, 2.45) is 5.92 Å². The van der Waals surface area contributed by atoms with Crippen molar-refractivity contribution in [1.82, 2.24) is 14.8 Å². The molecule has 158 valence electrons. The van der Waals surface area contributed by atoms with Crippen LogP contribution in [-0.4, -0.2) is 52.8 Å². The average Bonchev–Trinajstić information content (AvgIpc) is 2.72. The average molecular weight is 408 g/mol. The number of hydrogen-bond donors (Lipinski definition) is 0. The number of aromatic nitrogens is 1. The van der Waals surface area contributed by atoms with Crippen molar-refractivity contribution in [3.63, 3.8) is 0 Å². The SMILES string of the molecule is Cc1cc(C(=O)N2CCN(C(=O)C3CCC3)CC2)cc(C)c1OCc1cccnc1. The molecule has 0 spiro atoms. The van der Waals surface area contributed by atoms with E-state index in [9.17, 15) is 9.59 Å². The number of ether oxygens (including phenoxy) is 1. The summed E-state index contributed by atoms with van der Waals surface area (Å²) in [5.74, 6) is 1.33. The molecule has 30 heavy (non-hydrogen) atoms. The predicted octanol–water partition coefficient (Wildman–Crippen LogP) is 3.36. The van der Waals surface area contributed by atoms with Gasteiger partial charge in [0.15, 0.2) is 0 Å². The Balaban J connectivity index is 1.38. The van der Waals surface area contributed by atoms with Gasteiger partial charge in [-0.15, -0.1) is 0 Å². The second kappa shape index (κ2) is 8.86. The van der Waals surface area contributed by atoms with Crippen molar-refractivity contribution in [2.75, 3.05) is 26.2 Å². The molecule has 1 aromatic carbocycles. The van der Waals surface area contributed by atoms with Gasteiger partial charge in [0.1, 0.15) is 12.4 Å². The van der Waals surface area contributed by atoms with E-state index in [-0.39, 0.29) is 17.7 Å². The normalized spacial score (nSPS) is 16.9. The fraction of sp³-hybridized carbons (Fsp3) is 0.458. The number of benzene rings is 1. The highest BCUT2D eigenvalue weighted by Crippen LogP contribution is 2.29. The van der Waals surface area contributed by atoms with Gasteiger partial charge in [-0.05, 0) is 56.0 Å². The lowest BCUT2D eigenvalue weighted by molar-refractivity contribution is -0.139. The zero-order chi connectivity index (χ0) is 21.1. The molecule has 0 bridgehead atoms. The van der Waals surface area contributed by atoms with Crippen LogP contribution in [0.1, 0.15) is 46.3 Å². The quantitative estimate of drug-likeness (QED) is 0.762. The summed E-state index contributed by atoms with van der Waals surface area (Å²) >= 11 is 0. The molecule has 2 aromatic rings. The van der Waals surface area contributed by atoms with E-state index in [0.717, 1.165) is 41.7 Å². The van der Waals surface area contributed by atoms with Crippen molar-refractivity contribution < 1.29 is 14.3 Å². The van der Waals surface area contributed by atoms with Gasteiger partial charge >= 0.3 is 0 Å². The van der Waals surface area contributed by atoms with E-state index in [0.29, 0.717) is 38.3 Å². The van der Waals surface area contributed by atoms with E-state index in [4.69, 9.17) is 4.74 Å². The number of rotatable bonds is 5. The summed E-state index contributed by atoms with van der Waals surface area (Å²) in [6, 6.07) is 7.67. The van der Waals surface area contributed by atoms with E-state index in [1.54, 1.807) is 12.4 Å². The molecule has 6 nitrogen and oxygen atoms in total. The Kier molecular flexibility index (Phi) is 6.02. The number of piperazine rings is 1. The highest BCUT2D eigenvalue weighted by Gasteiger charge is 2.32. The van der Waals surface area contributed by atoms with Gasteiger partial charge in [-0.1, -0.05) is 12.5 Å². The molecule has 0 unspecified atom stereocenters. The van der Waals surface area contributed by atoms with E-state index in [1.165, 1.54) is 0 Å². The first kappa shape index (κ1) is 20.4. The number of nitrogens with zero attached hydrogens (tertiary/aromatic N) is 3. The van der Waals surface area contributed by atoms with Crippen LogP contribution in [0.5, 0.6) is 5.75 Å². The number of amides is 2. The van der Waals surface area contributed by atoms with Crippen LogP contribution in [0.2, 0.25) is 0 Å². The molecule has 2 aliphatic rings. The molecule has 0 N–H and O–H groups in total. The van der Waals surface area contributed by atoms with Gasteiger partial charge in [0.05, 0.1) is 0 Å². The summed E-state index contributed by atoms with van der Waals surface area (Å²) in [5, 5.41) is 0. The van der Waals surface area contributed by atoms with Crippen LogP contribution in [0, 0.1) is 19.8 Å². The summed E-state index contributed by atoms with van der Waals surface area (Å²) in [6.45, 7) is 6.83. The smallest absolute Gasteiger partial charge is 0.253 e. The summed E-state index contributed by atoms with van der Waals surface area (Å²) in [5.41, 5.74) is 3.57. The van der Waals surface area contributed by atoms with E-state index in [1.807, 2.05) is 47.9 Å². The molecule has 6 heteroatoms. The number of aryl methyl sites for hydroxylation is 2. The molecule has 1 saturated heterocycles. The Morgan fingerprint density at radius 3 is 2.30 bits per heavy atom. The van der Waals surface area contributed by atoms with Gasteiger partial charge in [-0.3, -0.25) is 14.6 Å². The number of pyridine rings is 1. The van der Waals surface area contributed by atoms with Crippen molar-refractivity contribution in [2.45, 2.75) is 39.7 Å². The lowest BCUT2D eigenvalue weighted by Gasteiger charge is -2.38. The Labute approximate surface area is 177 Å². The zero-order valence-electron chi connectivity index (χ0n) is 17.8. The molecule has 0 atom stereocenters. The summed E-state index contributed by atoms with van der Waals surface area (Å²) in [4.78, 5) is 33.4. The fourth-order valence-corrected chi connectivity index (χ4v) is 4.17. The summed E-state index contributed by atoms with van der Waals surface area (Å²) < 4.78 is 6.00. The zero-order valence-corrected chi connectivity index (χ0v) is 17.8. The first-order valence-corrected chi connectivity index (χ1v) is 10.7. The van der Waals surface area contributed by atoms with Crippen LogP contribution in [-0.2, 0) is 11.4 Å². The molecule has 2 amide bonds. The minimum atomic E-state index is 0.0238. The Morgan fingerprint density at radius 1 is 1.07 bits per heavy atom. The van der Waals surface area contributed by atoms with Crippen LogP contribution < -0.4 is 4.74 Å². The van der Waals surface area contributed by atoms with Crippen LogP contribution in [0.3, 0.4) is 0 Å². The van der Waals surface area contributed by atoms with Crippen molar-refractivity contribution >= 4 is 11.8 Å². The van der Waals surface area contributed by atoms with E-state index < -0.39 is 0 Å². The minimum Gasteiger partial charge on any atom is -0.488 e. The predicted molar refractivity (Wildman–Crippen MR) is 114 cm³/mol. The lowest BCUT2D eigenvalue weighted by Crippen LogP contribution is -2.52. The van der Waals surface area contributed by atoms with Gasteiger partial charge in [0.25, 0.3) is 5.91 Å². The molecule has 2 fully saturated rings. The second-order valence-electron chi connectivity index (χ2n) is 8.33. The highest BCUT2D eigenvalue weighted by atomic mass is 16.5. The van der Waals surface area contributed by atoms with Gasteiger partial charge in [0, 0.05) is 55.6 Å². The molecule has 2 heterocycles. The second-order valence-corrected chi connectivity index (χ2v) is 8.33. The molecule has 1 aliphatic heterocycles. The molecule has 1 saturated carbocycles. The van der Waals surface area contributed by atoms with E-state index >= 15 is 0 Å². The summed E-state index contributed by atoms with van der Waals surface area (Å²) in [6.07, 6.45) is 6.73. The molecular weight excluding hydrogens is 378 g/mol. The maximum atomic E-state index is 13.0. The number of carbonyl (C=O) groups excluding carboxylic acids is 2. The summed E-state index contributed by atoms with van der Waals surface area (Å²) in [7, 11) is 0. The lowest BCUT2D eigenvalue weighted by atomic mass is 9.84. The molecule has 1 aromatic heterocycles. The van der Waals surface area contributed by atoms with Gasteiger partial charge in [-0.2, -0.15) is 0 Å². The van der Waals surface area contributed by atoms with Crippen molar-refractivity contribution in [1.29, 1.82) is 0 Å². The highest BCUT2D eigenvalue weighted by molar-refractivity contribution is 5.95. The Bertz CT molecular complexity index is 894. The van der Waals surface area contributed by atoms with Crippen LogP contribution in [0.4, 0.5) is 0 Å². The molecule has 1 aliphatic carbocycles. The first-order valence-electron chi connectivity index (χ1n) is 10.7. The van der Waals surface area contributed by atoms with Crippen molar-refractivity contribution in [3.05, 3.63) is 58.9 Å². The topological polar surface area (TPSA) is 62.7 Å². The van der Waals surface area contributed by atoms with Crippen molar-refractivity contribution in [3.8, 4) is 5.75 Å². The first-order chi connectivity index (χ1) is 14.5. The Hall–Kier alpha value is -2.89. The van der Waals surface area contributed by atoms with Gasteiger partial charge in [-0.25, -0.2) is 0 Å². The molecule has 4 rings (SSSR count). The third kappa shape index (κ3) is 4.32. The molecule has 0 radical (unpaired) electrons. The maximum Gasteiger partial charge on any atom is 0.253 e. The van der Waals surface area contributed by atoms with Crippen LogP contribution >= 0.6 is 0 Å². The van der Waals surface area contributed by atoms with Gasteiger partial charge < -0.3 is 14.5 Å². The van der Waals surface area contributed by atoms with Gasteiger partial charge in [0.2, 0.25) is 5.91 Å². The Morgan fingerprint density at radius 2 is 1.73 bits per heavy atom. The standard InChI is InChI=1S/C24H29N3O3/c1-17-13-21(14-18(2)22(17)30-16-19-5-4-8-25-15-19)24(29)27-11-9-26(10-12-27)23(28)20-6-3-7-20/h4-5,8,13-15,20H,3,6-7,9-12,16H2,1-2H3. The number of hydrogen-bond acceptors (Lipinski definition) is 4. The molecular formula is C24H29N3O3. The van der Waals surface area contributed by atoms with E-state index in [2.05, 4.69) is 4.98 Å². The van der Waals surface area contributed by atoms with Crippen LogP contribution in [0.15, 0.2) is 36.7 Å². The third-order valence-electron chi connectivity index (χ3n) is 6.15. The third-order valence-corrected chi connectivity index (χ3v) is 6.15. The van der Waals surface area contributed by atoms with Crippen LogP contribution in [0.25, 0.3) is 0 Å².